The molecule has 0 aliphatic carbocycles. The van der Waals surface area contributed by atoms with Gasteiger partial charge in [-0.3, -0.25) is 0 Å². The predicted molar refractivity (Wildman–Crippen MR) is 261 cm³/mol. The monoisotopic (exact) mass is 795 g/mol. The van der Waals surface area contributed by atoms with Gasteiger partial charge in [-0.25, -0.2) is 0 Å². The van der Waals surface area contributed by atoms with Gasteiger partial charge in [0.1, 0.15) is 11.2 Å². The molecule has 12 rings (SSSR count). The molecule has 2 aromatic heterocycles. The van der Waals surface area contributed by atoms with Gasteiger partial charge in [-0.05, 0) is 92.7 Å². The van der Waals surface area contributed by atoms with Crippen LogP contribution in [-0.4, -0.2) is 0 Å². The van der Waals surface area contributed by atoms with Crippen LogP contribution in [0.4, 0.5) is 17.1 Å². The van der Waals surface area contributed by atoms with E-state index in [9.17, 15) is 0 Å². The zero-order valence-corrected chi connectivity index (χ0v) is 33.9. The highest BCUT2D eigenvalue weighted by molar-refractivity contribution is 7.25. The first kappa shape index (κ1) is 35.2. The number of para-hydroxylation sites is 3. The summed E-state index contributed by atoms with van der Waals surface area (Å²) in [4.78, 5) is 2.42. The first-order valence-electron chi connectivity index (χ1n) is 20.7. The molecule has 12 aromatic rings. The summed E-state index contributed by atoms with van der Waals surface area (Å²) >= 11 is 1.86. The van der Waals surface area contributed by atoms with Crippen molar-refractivity contribution in [1.29, 1.82) is 0 Å². The van der Waals surface area contributed by atoms with Gasteiger partial charge in [0, 0.05) is 53.4 Å². The summed E-state index contributed by atoms with van der Waals surface area (Å²) in [6.45, 7) is 0. The molecule has 0 spiro atoms. The van der Waals surface area contributed by atoms with E-state index in [2.05, 4.69) is 217 Å². The molecule has 0 aliphatic rings. The lowest BCUT2D eigenvalue weighted by Gasteiger charge is -2.28. The minimum atomic E-state index is 0.903. The van der Waals surface area contributed by atoms with Crippen molar-refractivity contribution in [3.8, 4) is 44.5 Å². The van der Waals surface area contributed by atoms with Crippen LogP contribution in [0.3, 0.4) is 0 Å². The molecule has 0 amide bonds. The van der Waals surface area contributed by atoms with Crippen molar-refractivity contribution in [3.63, 3.8) is 0 Å². The molecule has 286 valence electrons. The highest BCUT2D eigenvalue weighted by atomic mass is 32.1. The first-order valence-corrected chi connectivity index (χ1v) is 21.6. The predicted octanol–water partition coefficient (Wildman–Crippen LogP) is 17.2. The third-order valence-corrected chi connectivity index (χ3v) is 13.2. The molecule has 3 heteroatoms. The second-order valence-electron chi connectivity index (χ2n) is 15.6. The molecule has 10 aromatic carbocycles. The summed E-state index contributed by atoms with van der Waals surface area (Å²) in [5.41, 5.74) is 14.4. The number of nitrogens with zero attached hydrogens (tertiary/aromatic N) is 1. The Bertz CT molecular complexity index is 3610. The summed E-state index contributed by atoms with van der Waals surface area (Å²) in [7, 11) is 0. The quantitative estimate of drug-likeness (QED) is 0.160. The normalized spacial score (nSPS) is 11.6. The summed E-state index contributed by atoms with van der Waals surface area (Å²) in [6, 6.07) is 81.2. The Balaban J connectivity index is 1.03. The lowest BCUT2D eigenvalue weighted by molar-refractivity contribution is 0.670. The van der Waals surface area contributed by atoms with Gasteiger partial charge in [-0.1, -0.05) is 176 Å². The molecule has 0 bridgehead atoms. The van der Waals surface area contributed by atoms with E-state index in [-0.39, 0.29) is 0 Å². The van der Waals surface area contributed by atoms with Crippen LogP contribution in [0, 0.1) is 0 Å². The van der Waals surface area contributed by atoms with E-state index >= 15 is 0 Å². The van der Waals surface area contributed by atoms with Gasteiger partial charge in [0.2, 0.25) is 0 Å². The Kier molecular flexibility index (Phi) is 8.39. The largest absolute Gasteiger partial charge is 0.455 e. The average molecular weight is 796 g/mol. The number of fused-ring (bicyclic) bond motifs is 7. The molecule has 2 heterocycles. The van der Waals surface area contributed by atoms with Crippen molar-refractivity contribution in [3.05, 3.63) is 224 Å². The maximum absolute atomic E-state index is 6.48. The third-order valence-electron chi connectivity index (χ3n) is 12.1. The van der Waals surface area contributed by atoms with Gasteiger partial charge < -0.3 is 9.32 Å². The third kappa shape index (κ3) is 6.01. The number of anilines is 3. The van der Waals surface area contributed by atoms with Crippen LogP contribution in [0.25, 0.3) is 97.4 Å². The Hall–Kier alpha value is -7.72. The smallest absolute Gasteiger partial charge is 0.143 e. The number of hydrogen-bond donors (Lipinski definition) is 0. The first-order chi connectivity index (χ1) is 30.2. The van der Waals surface area contributed by atoms with Crippen LogP contribution >= 0.6 is 11.3 Å². The van der Waals surface area contributed by atoms with Gasteiger partial charge in [0.25, 0.3) is 0 Å². The van der Waals surface area contributed by atoms with E-state index in [1.165, 1.54) is 58.8 Å². The lowest BCUT2D eigenvalue weighted by atomic mass is 9.91. The number of rotatable bonds is 7. The van der Waals surface area contributed by atoms with Gasteiger partial charge in [0.05, 0.1) is 5.69 Å². The van der Waals surface area contributed by atoms with Gasteiger partial charge in [-0.2, -0.15) is 0 Å². The fourth-order valence-electron chi connectivity index (χ4n) is 9.24. The van der Waals surface area contributed by atoms with E-state index in [0.717, 1.165) is 55.7 Å². The fraction of sp³-hybridized carbons (Fsp3) is 0. The van der Waals surface area contributed by atoms with E-state index in [0.29, 0.717) is 0 Å². The molecular formula is C58H37NOS. The minimum absolute atomic E-state index is 0.903. The lowest BCUT2D eigenvalue weighted by Crippen LogP contribution is -2.11. The summed E-state index contributed by atoms with van der Waals surface area (Å²) < 4.78 is 9.08. The SMILES string of the molecule is c1cc(-c2ccccc2-c2cccc3ccccc23)cc(N(c2ccc(-c3cccc4c3oc3ccccc34)cc2)c2ccccc2-c2ccc3c(c2)sc2ccccc23)c1. The van der Waals surface area contributed by atoms with Crippen molar-refractivity contribution in [1.82, 2.24) is 0 Å². The van der Waals surface area contributed by atoms with E-state index in [1.54, 1.807) is 0 Å². The number of furan rings is 1. The average Bonchev–Trinajstić information content (AvgIpc) is 3.90. The molecule has 0 saturated carbocycles. The number of benzene rings is 10. The van der Waals surface area contributed by atoms with Crippen molar-refractivity contribution in [2.45, 2.75) is 0 Å². The second kappa shape index (κ2) is 14.5. The molecule has 0 atom stereocenters. The van der Waals surface area contributed by atoms with Crippen LogP contribution in [0.2, 0.25) is 0 Å². The zero-order valence-electron chi connectivity index (χ0n) is 33.1. The molecular weight excluding hydrogens is 759 g/mol. The molecule has 0 N–H and O–H groups in total. The van der Waals surface area contributed by atoms with E-state index in [4.69, 9.17) is 4.42 Å². The highest BCUT2D eigenvalue weighted by Gasteiger charge is 2.20. The Labute approximate surface area is 357 Å². The molecule has 0 aliphatic heterocycles. The molecule has 0 fully saturated rings. The zero-order chi connectivity index (χ0) is 40.3. The summed E-state index contributed by atoms with van der Waals surface area (Å²) in [5, 5.41) is 7.35. The molecule has 2 nitrogen and oxygen atoms in total. The summed E-state index contributed by atoms with van der Waals surface area (Å²) in [5.74, 6) is 0. The van der Waals surface area contributed by atoms with Crippen LogP contribution < -0.4 is 4.90 Å². The van der Waals surface area contributed by atoms with Crippen LogP contribution in [-0.2, 0) is 0 Å². The van der Waals surface area contributed by atoms with Gasteiger partial charge >= 0.3 is 0 Å². The van der Waals surface area contributed by atoms with Crippen molar-refractivity contribution in [2.24, 2.45) is 0 Å². The molecule has 61 heavy (non-hydrogen) atoms. The molecule has 0 radical (unpaired) electrons. The standard InChI is InChI=1S/C58H37NOS/c1-2-18-44-38(14-1)15-12-25-49(44)48-21-4-3-19-45(48)40-16-11-17-43(36-40)59(42-33-30-39(31-34-42)47-24-13-26-53-50-22-6-9-28-55(50)60-58(47)53)54-27-8-5-20-46(54)41-32-35-52-51-23-7-10-29-56(51)61-57(52)37-41/h1-37H. The maximum atomic E-state index is 6.48. The number of hydrogen-bond acceptors (Lipinski definition) is 3. The van der Waals surface area contributed by atoms with Crippen molar-refractivity contribution >= 4 is 81.3 Å². The van der Waals surface area contributed by atoms with Crippen LogP contribution in [0.5, 0.6) is 0 Å². The van der Waals surface area contributed by atoms with E-state index < -0.39 is 0 Å². The highest BCUT2D eigenvalue weighted by Crippen LogP contribution is 2.46. The molecule has 0 unspecified atom stereocenters. The molecule has 0 saturated heterocycles. The van der Waals surface area contributed by atoms with Gasteiger partial charge in [0.15, 0.2) is 0 Å². The Morgan fingerprint density at radius 1 is 0.328 bits per heavy atom. The Morgan fingerprint density at radius 3 is 1.84 bits per heavy atom. The second-order valence-corrected chi connectivity index (χ2v) is 16.7. The van der Waals surface area contributed by atoms with E-state index in [1.807, 2.05) is 23.5 Å². The van der Waals surface area contributed by atoms with Crippen molar-refractivity contribution in [2.75, 3.05) is 4.90 Å². The summed E-state index contributed by atoms with van der Waals surface area (Å²) in [6.07, 6.45) is 0. The van der Waals surface area contributed by atoms with Crippen LogP contribution in [0.1, 0.15) is 0 Å². The maximum Gasteiger partial charge on any atom is 0.143 e. The van der Waals surface area contributed by atoms with Gasteiger partial charge in [-0.15, -0.1) is 11.3 Å². The van der Waals surface area contributed by atoms with Crippen molar-refractivity contribution < 1.29 is 4.42 Å². The minimum Gasteiger partial charge on any atom is -0.455 e. The number of thiophene rings is 1. The topological polar surface area (TPSA) is 16.4 Å². The fourth-order valence-corrected chi connectivity index (χ4v) is 10.4. The Morgan fingerprint density at radius 2 is 0.934 bits per heavy atom. The van der Waals surface area contributed by atoms with Crippen LogP contribution in [0.15, 0.2) is 229 Å².